The van der Waals surface area contributed by atoms with E-state index in [1.165, 1.54) is 12.3 Å². The van der Waals surface area contributed by atoms with Crippen molar-refractivity contribution in [2.24, 2.45) is 10.1 Å². The molecule has 27 heavy (non-hydrogen) atoms. The Kier molecular flexibility index (Phi) is 5.59. The van der Waals surface area contributed by atoms with Crippen LogP contribution in [0.25, 0.3) is 0 Å². The molecule has 0 saturated carbocycles. The van der Waals surface area contributed by atoms with Crippen molar-refractivity contribution in [2.75, 3.05) is 0 Å². The minimum absolute atomic E-state index is 0.0853. The van der Waals surface area contributed by atoms with Crippen LogP contribution in [0, 0.1) is 0 Å². The van der Waals surface area contributed by atoms with Gasteiger partial charge in [-0.1, -0.05) is 24.3 Å². The summed E-state index contributed by atoms with van der Waals surface area (Å²) in [6.07, 6.45) is 2.93. The van der Waals surface area contributed by atoms with Crippen LogP contribution in [-0.2, 0) is 0 Å². The Hall–Kier alpha value is -3.93. The number of hydrogen-bond acceptors (Lipinski definition) is 5. The van der Waals surface area contributed by atoms with Gasteiger partial charge in [-0.05, 0) is 48.5 Å². The molecule has 3 rings (SSSR count). The maximum absolute atomic E-state index is 12.1. The van der Waals surface area contributed by atoms with Crippen LogP contribution in [0.1, 0.15) is 21.5 Å². The second-order valence-corrected chi connectivity index (χ2v) is 5.62. The van der Waals surface area contributed by atoms with Crippen LogP contribution in [0.2, 0.25) is 0 Å². The van der Waals surface area contributed by atoms with E-state index in [2.05, 4.69) is 15.5 Å². The number of aromatic hydroxyl groups is 2. The quantitative estimate of drug-likeness (QED) is 0.480. The van der Waals surface area contributed by atoms with Gasteiger partial charge in [0.15, 0.2) is 0 Å². The Balaban J connectivity index is 1.62. The Morgan fingerprint density at radius 3 is 1.93 bits per heavy atom. The first-order valence-corrected chi connectivity index (χ1v) is 8.17. The molecule has 6 nitrogen and oxygen atoms in total. The second kappa shape index (κ2) is 8.44. The number of benzene rings is 3. The highest BCUT2D eigenvalue weighted by molar-refractivity contribution is 5.95. The van der Waals surface area contributed by atoms with E-state index < -0.39 is 0 Å². The van der Waals surface area contributed by atoms with Crippen molar-refractivity contribution < 1.29 is 15.0 Å². The van der Waals surface area contributed by atoms with Crippen LogP contribution in [0.5, 0.6) is 11.5 Å². The molecule has 3 aromatic rings. The Morgan fingerprint density at radius 2 is 1.33 bits per heavy atom. The van der Waals surface area contributed by atoms with Gasteiger partial charge in [0.2, 0.25) is 0 Å². The van der Waals surface area contributed by atoms with E-state index in [1.807, 2.05) is 6.07 Å². The number of phenols is 2. The number of carbonyl (C=O) groups is 1. The zero-order chi connectivity index (χ0) is 19.1. The summed E-state index contributed by atoms with van der Waals surface area (Å²) in [5, 5.41) is 23.2. The number of nitrogens with one attached hydrogen (secondary N) is 1. The van der Waals surface area contributed by atoms with Crippen molar-refractivity contribution in [2.45, 2.75) is 0 Å². The number of aliphatic imine (C=N–C) groups is 1. The van der Waals surface area contributed by atoms with Gasteiger partial charge >= 0.3 is 0 Å². The van der Waals surface area contributed by atoms with Gasteiger partial charge < -0.3 is 10.2 Å². The number of nitrogens with zero attached hydrogens (tertiary/aromatic N) is 2. The summed E-state index contributed by atoms with van der Waals surface area (Å²) in [6, 6.07) is 20.2. The molecule has 0 spiro atoms. The van der Waals surface area contributed by atoms with Crippen molar-refractivity contribution in [1.82, 2.24) is 5.43 Å². The molecule has 0 aliphatic heterocycles. The molecule has 3 N–H and O–H groups in total. The molecule has 0 bridgehead atoms. The van der Waals surface area contributed by atoms with Crippen molar-refractivity contribution in [1.29, 1.82) is 0 Å². The fraction of sp³-hybridized carbons (Fsp3) is 0. The molecule has 134 valence electrons. The van der Waals surface area contributed by atoms with Gasteiger partial charge in [-0.3, -0.25) is 9.79 Å². The third-order valence-corrected chi connectivity index (χ3v) is 3.73. The summed E-state index contributed by atoms with van der Waals surface area (Å²) >= 11 is 0. The largest absolute Gasteiger partial charge is 0.507 e. The SMILES string of the molecule is O=C(NN=Cc1ccccc1O)c1ccc(N=Cc2ccccc2O)cc1. The van der Waals surface area contributed by atoms with Crippen LogP contribution in [-0.4, -0.2) is 28.5 Å². The normalized spacial score (nSPS) is 11.1. The van der Waals surface area contributed by atoms with Crippen molar-refractivity contribution in [3.05, 3.63) is 89.5 Å². The number of para-hydroxylation sites is 2. The third kappa shape index (κ3) is 4.79. The summed E-state index contributed by atoms with van der Waals surface area (Å²) in [5.74, 6) is -0.139. The summed E-state index contributed by atoms with van der Waals surface area (Å²) in [6.45, 7) is 0. The number of hydrazone groups is 1. The number of carbonyl (C=O) groups excluding carboxylic acids is 1. The predicted octanol–water partition coefficient (Wildman–Crippen LogP) is 3.61. The standard InChI is InChI=1S/C21H17N3O3/c25-19-7-3-1-5-16(19)13-22-18-11-9-15(10-12-18)21(27)24-23-14-17-6-2-4-8-20(17)26/h1-14,25-26H,(H,24,27). The lowest BCUT2D eigenvalue weighted by atomic mass is 10.2. The molecule has 3 aromatic carbocycles. The zero-order valence-electron chi connectivity index (χ0n) is 14.3. The molecule has 0 saturated heterocycles. The number of amides is 1. The molecule has 0 radical (unpaired) electrons. The first-order chi connectivity index (χ1) is 13.1. The first kappa shape index (κ1) is 17.9. The molecule has 0 aliphatic rings. The van der Waals surface area contributed by atoms with E-state index in [1.54, 1.807) is 66.9 Å². The maximum Gasteiger partial charge on any atom is 0.271 e. The molecule has 1 amide bonds. The fourth-order valence-electron chi connectivity index (χ4n) is 2.26. The number of rotatable bonds is 5. The van der Waals surface area contributed by atoms with Gasteiger partial charge in [0.25, 0.3) is 5.91 Å². The van der Waals surface area contributed by atoms with E-state index in [0.29, 0.717) is 22.4 Å². The third-order valence-electron chi connectivity index (χ3n) is 3.73. The molecule has 0 aromatic heterocycles. The zero-order valence-corrected chi connectivity index (χ0v) is 14.3. The average Bonchev–Trinajstić information content (AvgIpc) is 2.69. The molecule has 0 aliphatic carbocycles. The fourth-order valence-corrected chi connectivity index (χ4v) is 2.26. The molecule has 0 atom stereocenters. The highest BCUT2D eigenvalue weighted by Crippen LogP contribution is 2.17. The lowest BCUT2D eigenvalue weighted by Crippen LogP contribution is -2.17. The van der Waals surface area contributed by atoms with Gasteiger partial charge in [-0.2, -0.15) is 5.10 Å². The minimum atomic E-state index is -0.377. The van der Waals surface area contributed by atoms with E-state index in [4.69, 9.17) is 0 Å². The second-order valence-electron chi connectivity index (χ2n) is 5.62. The van der Waals surface area contributed by atoms with Crippen LogP contribution >= 0.6 is 0 Å². The smallest absolute Gasteiger partial charge is 0.271 e. The molecule has 0 unspecified atom stereocenters. The summed E-state index contributed by atoms with van der Waals surface area (Å²) in [5.41, 5.74) is 4.59. The molecular weight excluding hydrogens is 342 g/mol. The summed E-state index contributed by atoms with van der Waals surface area (Å²) in [4.78, 5) is 16.4. The van der Waals surface area contributed by atoms with Crippen molar-refractivity contribution in [3.63, 3.8) is 0 Å². The van der Waals surface area contributed by atoms with E-state index >= 15 is 0 Å². The van der Waals surface area contributed by atoms with Crippen LogP contribution in [0.3, 0.4) is 0 Å². The number of hydrogen-bond donors (Lipinski definition) is 3. The highest BCUT2D eigenvalue weighted by atomic mass is 16.3. The Bertz CT molecular complexity index is 996. The maximum atomic E-state index is 12.1. The van der Waals surface area contributed by atoms with Crippen molar-refractivity contribution in [3.8, 4) is 11.5 Å². The molecule has 0 fully saturated rings. The van der Waals surface area contributed by atoms with Crippen LogP contribution in [0.15, 0.2) is 82.9 Å². The predicted molar refractivity (Wildman–Crippen MR) is 105 cm³/mol. The Morgan fingerprint density at radius 1 is 0.778 bits per heavy atom. The van der Waals surface area contributed by atoms with Gasteiger partial charge in [0.1, 0.15) is 11.5 Å². The van der Waals surface area contributed by atoms with Gasteiger partial charge in [0, 0.05) is 22.9 Å². The number of phenolic OH excluding ortho intramolecular Hbond substituents is 2. The molecule has 0 heterocycles. The minimum Gasteiger partial charge on any atom is -0.507 e. The summed E-state index contributed by atoms with van der Waals surface area (Å²) < 4.78 is 0. The van der Waals surface area contributed by atoms with Crippen LogP contribution < -0.4 is 5.43 Å². The molecular formula is C21H17N3O3. The lowest BCUT2D eigenvalue weighted by Gasteiger charge is -2.01. The van der Waals surface area contributed by atoms with Gasteiger partial charge in [0.05, 0.1) is 11.9 Å². The summed E-state index contributed by atoms with van der Waals surface area (Å²) in [7, 11) is 0. The van der Waals surface area contributed by atoms with Crippen LogP contribution in [0.4, 0.5) is 5.69 Å². The average molecular weight is 359 g/mol. The van der Waals surface area contributed by atoms with Crippen molar-refractivity contribution >= 4 is 24.0 Å². The van der Waals surface area contributed by atoms with Gasteiger partial charge in [-0.25, -0.2) is 5.43 Å². The van der Waals surface area contributed by atoms with E-state index in [9.17, 15) is 15.0 Å². The first-order valence-electron chi connectivity index (χ1n) is 8.17. The highest BCUT2D eigenvalue weighted by Gasteiger charge is 2.04. The van der Waals surface area contributed by atoms with E-state index in [0.717, 1.165) is 0 Å². The lowest BCUT2D eigenvalue weighted by molar-refractivity contribution is 0.0955. The van der Waals surface area contributed by atoms with E-state index in [-0.39, 0.29) is 17.4 Å². The Labute approximate surface area is 156 Å². The topological polar surface area (TPSA) is 94.3 Å². The molecule has 6 heteroatoms. The van der Waals surface area contributed by atoms with Gasteiger partial charge in [-0.15, -0.1) is 0 Å². The monoisotopic (exact) mass is 359 g/mol.